The van der Waals surface area contributed by atoms with Crippen molar-refractivity contribution in [3.8, 4) is 0 Å². The van der Waals surface area contributed by atoms with Gasteiger partial charge in [0.25, 0.3) is 0 Å². The van der Waals surface area contributed by atoms with Crippen LogP contribution < -0.4 is 0 Å². The van der Waals surface area contributed by atoms with Crippen molar-refractivity contribution in [2.75, 3.05) is 13.1 Å². The zero-order valence-corrected chi connectivity index (χ0v) is 12.7. The second kappa shape index (κ2) is 6.22. The van der Waals surface area contributed by atoms with Crippen LogP contribution in [0.3, 0.4) is 0 Å². The topological polar surface area (TPSA) is 57.6 Å². The molecule has 0 aliphatic carbocycles. The van der Waals surface area contributed by atoms with Gasteiger partial charge in [0, 0.05) is 24.9 Å². The summed E-state index contributed by atoms with van der Waals surface area (Å²) in [6.45, 7) is 1.97. The van der Waals surface area contributed by atoms with E-state index in [1.54, 1.807) is 0 Å². The van der Waals surface area contributed by atoms with Crippen molar-refractivity contribution in [2.45, 2.75) is 37.8 Å². The van der Waals surface area contributed by atoms with Gasteiger partial charge >= 0.3 is 12.3 Å². The van der Waals surface area contributed by atoms with E-state index < -0.39 is 23.2 Å². The molecule has 0 atom stereocenters. The number of carbonyl (C=O) groups is 2. The number of carboxylic acid groups (broad SMARTS) is 1. The predicted molar refractivity (Wildman–Crippen MR) is 77.3 cm³/mol. The number of likely N-dealkylation sites (tertiary alicyclic amines) is 1. The van der Waals surface area contributed by atoms with Crippen LogP contribution in [0.5, 0.6) is 0 Å². The van der Waals surface area contributed by atoms with Crippen LogP contribution in [0.2, 0.25) is 0 Å². The molecular formula is C16H18F3NO3. The lowest BCUT2D eigenvalue weighted by atomic mass is 9.69. The summed E-state index contributed by atoms with van der Waals surface area (Å²) >= 11 is 0. The Labute approximate surface area is 131 Å². The molecule has 0 aromatic heterocycles. The Hall–Kier alpha value is -2.05. The minimum Gasteiger partial charge on any atom is -0.465 e. The van der Waals surface area contributed by atoms with Gasteiger partial charge in [0.05, 0.1) is 5.56 Å². The summed E-state index contributed by atoms with van der Waals surface area (Å²) < 4.78 is 38.0. The first-order chi connectivity index (χ1) is 10.6. The van der Waals surface area contributed by atoms with Gasteiger partial charge in [0.2, 0.25) is 0 Å². The lowest BCUT2D eigenvalue weighted by molar-refractivity contribution is -0.137. The number of alkyl halides is 3. The van der Waals surface area contributed by atoms with Crippen LogP contribution in [0.1, 0.15) is 37.3 Å². The van der Waals surface area contributed by atoms with E-state index in [9.17, 15) is 22.8 Å². The quantitative estimate of drug-likeness (QED) is 0.920. The number of hydrogen-bond donors (Lipinski definition) is 1. The summed E-state index contributed by atoms with van der Waals surface area (Å²) in [4.78, 5) is 23.9. The lowest BCUT2D eigenvalue weighted by Crippen LogP contribution is -2.45. The molecule has 1 fully saturated rings. The maximum atomic E-state index is 12.7. The van der Waals surface area contributed by atoms with E-state index in [2.05, 4.69) is 0 Å². The molecule has 1 heterocycles. The third-order valence-electron chi connectivity index (χ3n) is 4.40. The Morgan fingerprint density at radius 2 is 1.70 bits per heavy atom. The van der Waals surface area contributed by atoms with Crippen molar-refractivity contribution in [2.24, 2.45) is 0 Å². The summed E-state index contributed by atoms with van der Waals surface area (Å²) in [5.74, 6) is -0.0614. The Morgan fingerprint density at radius 3 is 2.09 bits per heavy atom. The number of hydrogen-bond acceptors (Lipinski definition) is 2. The summed E-state index contributed by atoms with van der Waals surface area (Å²) in [6, 6.07) is 4.84. The number of carbonyl (C=O) groups excluding carboxylic acids is 1. The second-order valence-electron chi connectivity index (χ2n) is 6.00. The molecule has 7 heteroatoms. The van der Waals surface area contributed by atoms with Gasteiger partial charge in [-0.2, -0.15) is 13.2 Å². The first-order valence-electron chi connectivity index (χ1n) is 7.29. The van der Waals surface area contributed by atoms with Crippen LogP contribution in [-0.2, 0) is 16.4 Å². The zero-order valence-electron chi connectivity index (χ0n) is 12.7. The first-order valence-corrected chi connectivity index (χ1v) is 7.29. The van der Waals surface area contributed by atoms with Crippen LogP contribution in [0.15, 0.2) is 24.3 Å². The summed E-state index contributed by atoms with van der Waals surface area (Å²) in [5, 5.41) is 9.02. The van der Waals surface area contributed by atoms with Gasteiger partial charge in [-0.1, -0.05) is 12.1 Å². The average molecular weight is 329 g/mol. The second-order valence-corrected chi connectivity index (χ2v) is 6.00. The molecule has 0 radical (unpaired) electrons. The largest absolute Gasteiger partial charge is 0.465 e. The number of piperidine rings is 1. The smallest absolute Gasteiger partial charge is 0.416 e. The van der Waals surface area contributed by atoms with Crippen molar-refractivity contribution in [1.29, 1.82) is 0 Å². The fourth-order valence-corrected chi connectivity index (χ4v) is 3.18. The molecule has 0 saturated carbocycles. The molecule has 0 unspecified atom stereocenters. The van der Waals surface area contributed by atoms with Crippen molar-refractivity contribution >= 4 is 11.9 Å². The van der Waals surface area contributed by atoms with Crippen LogP contribution in [0.25, 0.3) is 0 Å². The minimum absolute atomic E-state index is 0.0614. The van der Waals surface area contributed by atoms with E-state index in [1.165, 1.54) is 24.0 Å². The third kappa shape index (κ3) is 3.83. The van der Waals surface area contributed by atoms with Gasteiger partial charge in [-0.3, -0.25) is 4.79 Å². The lowest BCUT2D eigenvalue weighted by Gasteiger charge is -2.41. The highest BCUT2D eigenvalue weighted by Gasteiger charge is 2.39. The van der Waals surface area contributed by atoms with Crippen molar-refractivity contribution in [3.05, 3.63) is 35.4 Å². The normalized spacial score (nSPS) is 17.8. The first kappa shape index (κ1) is 17.3. The van der Waals surface area contributed by atoms with E-state index in [0.29, 0.717) is 18.4 Å². The molecule has 4 nitrogen and oxygen atoms in total. The van der Waals surface area contributed by atoms with Gasteiger partial charge in [-0.05, 0) is 37.5 Å². The Kier molecular flexibility index (Phi) is 4.68. The highest BCUT2D eigenvalue weighted by Crippen LogP contribution is 2.40. The van der Waals surface area contributed by atoms with Gasteiger partial charge in [0.1, 0.15) is 5.78 Å². The van der Waals surface area contributed by atoms with Crippen LogP contribution >= 0.6 is 0 Å². The van der Waals surface area contributed by atoms with Crippen molar-refractivity contribution in [3.63, 3.8) is 0 Å². The van der Waals surface area contributed by atoms with E-state index in [1.807, 2.05) is 0 Å². The van der Waals surface area contributed by atoms with Gasteiger partial charge in [-0.25, -0.2) is 4.79 Å². The van der Waals surface area contributed by atoms with Gasteiger partial charge in [0.15, 0.2) is 0 Å². The highest BCUT2D eigenvalue weighted by molar-refractivity contribution is 5.77. The van der Waals surface area contributed by atoms with Crippen LogP contribution in [0, 0.1) is 0 Å². The predicted octanol–water partition coefficient (Wildman–Crippen LogP) is 3.70. The Morgan fingerprint density at radius 1 is 1.17 bits per heavy atom. The molecule has 1 aliphatic heterocycles. The minimum atomic E-state index is -4.40. The van der Waals surface area contributed by atoms with E-state index >= 15 is 0 Å². The Bertz CT molecular complexity index is 588. The fourth-order valence-electron chi connectivity index (χ4n) is 3.18. The SMILES string of the molecule is CC(=O)CC1(c2ccc(C(F)(F)F)cc2)CCN(C(=O)O)CC1. The van der Waals surface area contributed by atoms with Gasteiger partial charge < -0.3 is 10.0 Å². The summed E-state index contributed by atoms with van der Waals surface area (Å²) in [7, 11) is 0. The number of nitrogens with zero attached hydrogens (tertiary/aromatic N) is 1. The monoisotopic (exact) mass is 329 g/mol. The number of rotatable bonds is 3. The summed E-state index contributed by atoms with van der Waals surface area (Å²) in [6.07, 6.45) is -4.38. The molecule has 1 aliphatic rings. The molecule has 1 aromatic carbocycles. The molecule has 1 N–H and O–H groups in total. The molecule has 1 amide bonds. The maximum Gasteiger partial charge on any atom is 0.416 e. The van der Waals surface area contributed by atoms with Crippen LogP contribution in [0.4, 0.5) is 18.0 Å². The number of amides is 1. The molecule has 1 aromatic rings. The maximum absolute atomic E-state index is 12.7. The number of Topliss-reactive ketones (excluding diaryl/α,β-unsaturated/α-hetero) is 1. The molecule has 126 valence electrons. The zero-order chi connectivity index (χ0) is 17.3. The molecule has 1 saturated heterocycles. The molecule has 2 rings (SSSR count). The highest BCUT2D eigenvalue weighted by atomic mass is 19.4. The standard InChI is InChI=1S/C16H18F3NO3/c1-11(21)10-15(6-8-20(9-7-15)14(22)23)12-2-4-13(5-3-12)16(17,18)19/h2-5H,6-10H2,1H3,(H,22,23). The molecular weight excluding hydrogens is 311 g/mol. The molecule has 0 spiro atoms. The van der Waals surface area contributed by atoms with E-state index in [0.717, 1.165) is 12.1 Å². The van der Waals surface area contributed by atoms with Crippen molar-refractivity contribution < 1.29 is 27.9 Å². The number of ketones is 1. The fraction of sp³-hybridized carbons (Fsp3) is 0.500. The van der Waals surface area contributed by atoms with Gasteiger partial charge in [-0.15, -0.1) is 0 Å². The number of benzene rings is 1. The Balaban J connectivity index is 2.29. The molecule has 0 bridgehead atoms. The van der Waals surface area contributed by atoms with Crippen LogP contribution in [-0.4, -0.2) is 35.0 Å². The van der Waals surface area contributed by atoms with Crippen molar-refractivity contribution in [1.82, 2.24) is 4.90 Å². The summed E-state index contributed by atoms with van der Waals surface area (Å²) in [5.41, 5.74) is -0.671. The average Bonchev–Trinajstić information content (AvgIpc) is 2.46. The molecule has 23 heavy (non-hydrogen) atoms. The third-order valence-corrected chi connectivity index (χ3v) is 4.40. The van der Waals surface area contributed by atoms with E-state index in [4.69, 9.17) is 5.11 Å². The number of halogens is 3. The van der Waals surface area contributed by atoms with E-state index in [-0.39, 0.29) is 25.3 Å².